The highest BCUT2D eigenvalue weighted by atomic mass is 16.5. The number of carbonyl (C=O) groups is 1. The second-order valence-electron chi connectivity index (χ2n) is 4.51. The van der Waals surface area contributed by atoms with Gasteiger partial charge in [-0.3, -0.25) is 4.79 Å². The molecule has 18 heavy (non-hydrogen) atoms. The van der Waals surface area contributed by atoms with Gasteiger partial charge in [-0.25, -0.2) is 0 Å². The van der Waals surface area contributed by atoms with E-state index in [4.69, 9.17) is 10.5 Å². The van der Waals surface area contributed by atoms with Crippen LogP contribution in [0.15, 0.2) is 24.3 Å². The molecule has 1 aromatic carbocycles. The summed E-state index contributed by atoms with van der Waals surface area (Å²) < 4.78 is 5.47. The molecular formula is C14H22N2O2. The van der Waals surface area contributed by atoms with Gasteiger partial charge in [-0.15, -0.1) is 0 Å². The van der Waals surface area contributed by atoms with Crippen LogP contribution in [0.1, 0.15) is 27.2 Å². The van der Waals surface area contributed by atoms with Gasteiger partial charge in [0.05, 0.1) is 12.5 Å². The highest BCUT2D eigenvalue weighted by Gasteiger charge is 2.16. The number of anilines is 1. The Morgan fingerprint density at radius 1 is 1.33 bits per heavy atom. The average Bonchev–Trinajstić information content (AvgIpc) is 2.36. The summed E-state index contributed by atoms with van der Waals surface area (Å²) in [6.45, 7) is 6.40. The lowest BCUT2D eigenvalue weighted by atomic mass is 10.0. The van der Waals surface area contributed by atoms with Crippen molar-refractivity contribution < 1.29 is 9.53 Å². The first-order valence-corrected chi connectivity index (χ1v) is 6.34. The molecule has 0 radical (unpaired) electrons. The number of hydrogen-bond donors (Lipinski definition) is 2. The van der Waals surface area contributed by atoms with Crippen molar-refractivity contribution in [2.45, 2.75) is 33.2 Å². The molecule has 2 unspecified atom stereocenters. The number of hydrogen-bond acceptors (Lipinski definition) is 3. The quantitative estimate of drug-likeness (QED) is 0.814. The lowest BCUT2D eigenvalue weighted by molar-refractivity contribution is -0.119. The van der Waals surface area contributed by atoms with Crippen molar-refractivity contribution in [3.8, 4) is 5.75 Å². The molecule has 0 aliphatic heterocycles. The molecule has 1 amide bonds. The van der Waals surface area contributed by atoms with Crippen LogP contribution in [-0.2, 0) is 4.79 Å². The zero-order valence-electron chi connectivity index (χ0n) is 11.3. The van der Waals surface area contributed by atoms with Crippen molar-refractivity contribution in [3.05, 3.63) is 24.3 Å². The summed E-state index contributed by atoms with van der Waals surface area (Å²) in [4.78, 5) is 11.8. The molecule has 2 atom stereocenters. The number of ether oxygens (including phenoxy) is 1. The molecule has 4 nitrogen and oxygen atoms in total. The monoisotopic (exact) mass is 250 g/mol. The fraction of sp³-hybridized carbons (Fsp3) is 0.500. The number of rotatable bonds is 6. The Kier molecular flexibility index (Phi) is 5.65. The topological polar surface area (TPSA) is 64.3 Å². The summed E-state index contributed by atoms with van der Waals surface area (Å²) in [5, 5.41) is 2.83. The first kappa shape index (κ1) is 14.5. The second-order valence-corrected chi connectivity index (χ2v) is 4.51. The first-order valence-electron chi connectivity index (χ1n) is 6.34. The third-order valence-corrected chi connectivity index (χ3v) is 2.80. The molecule has 0 fully saturated rings. The van der Waals surface area contributed by atoms with Crippen molar-refractivity contribution in [2.75, 3.05) is 11.9 Å². The van der Waals surface area contributed by atoms with Gasteiger partial charge in [0, 0.05) is 11.7 Å². The molecule has 4 heteroatoms. The van der Waals surface area contributed by atoms with E-state index in [9.17, 15) is 4.79 Å². The third-order valence-electron chi connectivity index (χ3n) is 2.80. The molecule has 1 aromatic rings. The Morgan fingerprint density at radius 3 is 2.44 bits per heavy atom. The first-order chi connectivity index (χ1) is 8.54. The minimum Gasteiger partial charge on any atom is -0.494 e. The average molecular weight is 250 g/mol. The van der Waals surface area contributed by atoms with Gasteiger partial charge in [0.25, 0.3) is 0 Å². The maximum Gasteiger partial charge on any atom is 0.228 e. The van der Waals surface area contributed by atoms with E-state index >= 15 is 0 Å². The number of benzene rings is 1. The molecule has 100 valence electrons. The zero-order valence-corrected chi connectivity index (χ0v) is 11.3. The van der Waals surface area contributed by atoms with Crippen molar-refractivity contribution in [1.82, 2.24) is 0 Å². The van der Waals surface area contributed by atoms with E-state index < -0.39 is 0 Å². The summed E-state index contributed by atoms with van der Waals surface area (Å²) >= 11 is 0. The van der Waals surface area contributed by atoms with E-state index in [0.717, 1.165) is 17.9 Å². The normalized spacial score (nSPS) is 13.8. The van der Waals surface area contributed by atoms with Crippen LogP contribution in [0.4, 0.5) is 5.69 Å². The highest BCUT2D eigenvalue weighted by molar-refractivity contribution is 5.92. The molecule has 3 N–H and O–H groups in total. The molecule has 0 aliphatic carbocycles. The third kappa shape index (κ3) is 4.37. The van der Waals surface area contributed by atoms with Gasteiger partial charge in [-0.05, 0) is 37.6 Å². The minimum atomic E-state index is -0.207. The Labute approximate surface area is 109 Å². The van der Waals surface area contributed by atoms with E-state index in [1.165, 1.54) is 0 Å². The van der Waals surface area contributed by atoms with Crippen molar-refractivity contribution in [3.63, 3.8) is 0 Å². The number of carbonyl (C=O) groups excluding carboxylic acids is 1. The van der Waals surface area contributed by atoms with Gasteiger partial charge in [-0.1, -0.05) is 13.8 Å². The zero-order chi connectivity index (χ0) is 13.5. The molecule has 0 heterocycles. The highest BCUT2D eigenvalue weighted by Crippen LogP contribution is 2.16. The van der Waals surface area contributed by atoms with Gasteiger partial charge in [0.1, 0.15) is 5.75 Å². The molecule has 0 saturated carbocycles. The number of amides is 1. The predicted octanol–water partition coefficient (Wildman–Crippen LogP) is 2.40. The standard InChI is InChI=1S/C14H22N2O2/c1-4-9-18-13-7-5-12(6-8-13)16-14(17)10(2)11(3)15/h5-8,10-11H,4,9,15H2,1-3H3,(H,16,17). The van der Waals surface area contributed by atoms with Crippen LogP contribution in [0.2, 0.25) is 0 Å². The van der Waals surface area contributed by atoms with Crippen LogP contribution in [-0.4, -0.2) is 18.6 Å². The Morgan fingerprint density at radius 2 is 1.94 bits per heavy atom. The maximum absolute atomic E-state index is 11.8. The van der Waals surface area contributed by atoms with Crippen LogP contribution in [0.25, 0.3) is 0 Å². The van der Waals surface area contributed by atoms with Crippen LogP contribution >= 0.6 is 0 Å². The summed E-state index contributed by atoms with van der Waals surface area (Å²) in [6, 6.07) is 7.20. The van der Waals surface area contributed by atoms with Gasteiger partial charge in [0.2, 0.25) is 5.91 Å². The van der Waals surface area contributed by atoms with E-state index in [1.807, 2.05) is 38.1 Å². The van der Waals surface area contributed by atoms with Crippen LogP contribution in [0, 0.1) is 5.92 Å². The lowest BCUT2D eigenvalue weighted by Crippen LogP contribution is -2.34. The second kappa shape index (κ2) is 7.01. The van der Waals surface area contributed by atoms with Gasteiger partial charge in [0.15, 0.2) is 0 Å². The van der Waals surface area contributed by atoms with Crippen molar-refractivity contribution in [2.24, 2.45) is 11.7 Å². The van der Waals surface area contributed by atoms with Crippen molar-refractivity contribution in [1.29, 1.82) is 0 Å². The van der Waals surface area contributed by atoms with Crippen LogP contribution in [0.3, 0.4) is 0 Å². The minimum absolute atomic E-state index is 0.0628. The van der Waals surface area contributed by atoms with Crippen LogP contribution in [0.5, 0.6) is 5.75 Å². The SMILES string of the molecule is CCCOc1ccc(NC(=O)C(C)C(C)N)cc1. The molecular weight excluding hydrogens is 228 g/mol. The fourth-order valence-corrected chi connectivity index (χ4v) is 1.35. The van der Waals surface area contributed by atoms with Crippen molar-refractivity contribution >= 4 is 11.6 Å². The Balaban J connectivity index is 2.55. The summed E-state index contributed by atoms with van der Waals surface area (Å²) in [5.41, 5.74) is 6.45. The number of nitrogens with two attached hydrogens (primary N) is 1. The number of nitrogens with one attached hydrogen (secondary N) is 1. The predicted molar refractivity (Wildman–Crippen MR) is 73.7 cm³/mol. The van der Waals surface area contributed by atoms with E-state index in [2.05, 4.69) is 12.2 Å². The van der Waals surface area contributed by atoms with E-state index in [-0.39, 0.29) is 17.9 Å². The molecule has 0 saturated heterocycles. The van der Waals surface area contributed by atoms with E-state index in [0.29, 0.717) is 6.61 Å². The maximum atomic E-state index is 11.8. The summed E-state index contributed by atoms with van der Waals surface area (Å²) in [7, 11) is 0. The van der Waals surface area contributed by atoms with Gasteiger partial charge >= 0.3 is 0 Å². The van der Waals surface area contributed by atoms with E-state index in [1.54, 1.807) is 0 Å². The lowest BCUT2D eigenvalue weighted by Gasteiger charge is -2.15. The molecule has 0 spiro atoms. The Bertz CT molecular complexity index is 374. The molecule has 0 bridgehead atoms. The molecule has 0 aromatic heterocycles. The summed E-state index contributed by atoms with van der Waals surface area (Å²) in [6.07, 6.45) is 0.977. The smallest absolute Gasteiger partial charge is 0.228 e. The van der Waals surface area contributed by atoms with Crippen LogP contribution < -0.4 is 15.8 Å². The van der Waals surface area contributed by atoms with Gasteiger partial charge < -0.3 is 15.8 Å². The Hall–Kier alpha value is -1.55. The fourth-order valence-electron chi connectivity index (χ4n) is 1.35. The summed E-state index contributed by atoms with van der Waals surface area (Å²) in [5.74, 6) is 0.545. The largest absolute Gasteiger partial charge is 0.494 e. The molecule has 1 rings (SSSR count). The molecule has 0 aliphatic rings. The van der Waals surface area contributed by atoms with Gasteiger partial charge in [-0.2, -0.15) is 0 Å².